The molecule has 0 radical (unpaired) electrons. The van der Waals surface area contributed by atoms with E-state index in [9.17, 15) is 9.59 Å². The molecule has 0 bridgehead atoms. The van der Waals surface area contributed by atoms with Crippen molar-refractivity contribution < 1.29 is 14.3 Å². The van der Waals surface area contributed by atoms with Crippen molar-refractivity contribution >= 4 is 12.0 Å². The molecule has 0 saturated carbocycles. The van der Waals surface area contributed by atoms with Crippen LogP contribution in [-0.4, -0.2) is 68.3 Å². The number of carbonyl (C=O) groups is 2. The molecule has 4 heterocycles. The van der Waals surface area contributed by atoms with Crippen LogP contribution in [0.25, 0.3) is 5.82 Å². The minimum atomic E-state index is -0.619. The molecule has 2 aliphatic rings. The zero-order valence-electron chi connectivity index (χ0n) is 17.1. The summed E-state index contributed by atoms with van der Waals surface area (Å²) in [6.07, 6.45) is 6.17. The first-order chi connectivity index (χ1) is 15.1. The van der Waals surface area contributed by atoms with E-state index in [1.807, 2.05) is 24.3 Å². The average molecular weight is 417 g/mol. The van der Waals surface area contributed by atoms with E-state index in [0.29, 0.717) is 44.0 Å². The van der Waals surface area contributed by atoms with Gasteiger partial charge in [-0.2, -0.15) is 5.10 Å². The normalized spacial score (nSPS) is 20.5. The summed E-state index contributed by atoms with van der Waals surface area (Å²) in [6.45, 7) is 2.08. The molecule has 158 valence electrons. The van der Waals surface area contributed by atoms with Gasteiger partial charge >= 0.3 is 6.09 Å². The maximum atomic E-state index is 13.0. The number of carbonyl (C=O) groups excluding carboxylic acids is 2. The van der Waals surface area contributed by atoms with Gasteiger partial charge in [0.2, 0.25) is 0 Å². The Morgan fingerprint density at radius 2 is 1.97 bits per heavy atom. The van der Waals surface area contributed by atoms with Gasteiger partial charge in [-0.1, -0.05) is 30.3 Å². The van der Waals surface area contributed by atoms with E-state index in [1.165, 1.54) is 5.56 Å². The van der Waals surface area contributed by atoms with Crippen LogP contribution in [-0.2, 0) is 11.2 Å². The van der Waals surface area contributed by atoms with E-state index in [1.54, 1.807) is 45.2 Å². The Kier molecular flexibility index (Phi) is 4.89. The number of aromatic nitrogens is 3. The first-order valence-corrected chi connectivity index (χ1v) is 10.4. The molecule has 0 aliphatic carbocycles. The third-order valence-electron chi connectivity index (χ3n) is 5.89. The Morgan fingerprint density at radius 1 is 1.10 bits per heavy atom. The molecule has 2 fully saturated rings. The van der Waals surface area contributed by atoms with E-state index in [2.05, 4.69) is 22.2 Å². The van der Waals surface area contributed by atoms with Crippen LogP contribution in [0.5, 0.6) is 0 Å². The molecule has 5 rings (SSSR count). The summed E-state index contributed by atoms with van der Waals surface area (Å²) in [5.41, 5.74) is 1.08. The number of amides is 2. The van der Waals surface area contributed by atoms with E-state index < -0.39 is 5.60 Å². The second kappa shape index (κ2) is 7.86. The van der Waals surface area contributed by atoms with Crippen LogP contribution >= 0.6 is 0 Å². The summed E-state index contributed by atoms with van der Waals surface area (Å²) in [5, 5.41) is 4.14. The van der Waals surface area contributed by atoms with Crippen molar-refractivity contribution in [2.75, 3.05) is 26.2 Å². The molecule has 3 aromatic rings. The highest BCUT2D eigenvalue weighted by atomic mass is 16.6. The van der Waals surface area contributed by atoms with Crippen molar-refractivity contribution in [3.8, 4) is 5.82 Å². The molecule has 0 N–H and O–H groups in total. The number of ether oxygens (including phenoxy) is 1. The Balaban J connectivity index is 1.21. The fourth-order valence-corrected chi connectivity index (χ4v) is 4.24. The van der Waals surface area contributed by atoms with Crippen LogP contribution in [0.3, 0.4) is 0 Å². The highest BCUT2D eigenvalue weighted by molar-refractivity contribution is 5.94. The minimum absolute atomic E-state index is 0.102. The van der Waals surface area contributed by atoms with Crippen molar-refractivity contribution in [3.63, 3.8) is 0 Å². The summed E-state index contributed by atoms with van der Waals surface area (Å²) < 4.78 is 7.40. The Bertz CT molecular complexity index is 1070. The number of nitrogens with zero attached hydrogens (tertiary/aromatic N) is 5. The van der Waals surface area contributed by atoms with E-state index in [-0.39, 0.29) is 12.0 Å². The molecule has 2 aromatic heterocycles. The summed E-state index contributed by atoms with van der Waals surface area (Å²) in [5.74, 6) is 0.549. The zero-order valence-corrected chi connectivity index (χ0v) is 17.1. The molecule has 31 heavy (non-hydrogen) atoms. The zero-order chi connectivity index (χ0) is 21.3. The number of benzene rings is 1. The van der Waals surface area contributed by atoms with Crippen LogP contribution < -0.4 is 0 Å². The topological polar surface area (TPSA) is 80.6 Å². The average Bonchev–Trinajstić information content (AvgIpc) is 3.54. The van der Waals surface area contributed by atoms with E-state index in [0.717, 1.165) is 6.42 Å². The smallest absolute Gasteiger partial charge is 0.410 e. The summed E-state index contributed by atoms with van der Waals surface area (Å²) in [7, 11) is 0. The quantitative estimate of drug-likeness (QED) is 0.637. The van der Waals surface area contributed by atoms with Gasteiger partial charge < -0.3 is 14.5 Å². The van der Waals surface area contributed by atoms with Gasteiger partial charge in [0.15, 0.2) is 11.4 Å². The molecule has 2 saturated heterocycles. The number of hydrogen-bond acceptors (Lipinski definition) is 5. The third-order valence-corrected chi connectivity index (χ3v) is 5.89. The van der Waals surface area contributed by atoms with Gasteiger partial charge in [0.25, 0.3) is 5.91 Å². The largest absolute Gasteiger partial charge is 0.439 e. The predicted molar refractivity (Wildman–Crippen MR) is 113 cm³/mol. The molecule has 1 spiro atoms. The summed E-state index contributed by atoms with van der Waals surface area (Å²) in [6, 6.07) is 15.4. The van der Waals surface area contributed by atoms with Gasteiger partial charge in [-0.3, -0.25) is 4.79 Å². The van der Waals surface area contributed by atoms with Gasteiger partial charge in [0.05, 0.1) is 18.7 Å². The van der Waals surface area contributed by atoms with Gasteiger partial charge in [-0.15, -0.1) is 0 Å². The molecule has 8 heteroatoms. The lowest BCUT2D eigenvalue weighted by molar-refractivity contribution is 0.0552. The molecule has 2 amide bonds. The van der Waals surface area contributed by atoms with Gasteiger partial charge in [0, 0.05) is 38.1 Å². The molecule has 0 unspecified atom stereocenters. The summed E-state index contributed by atoms with van der Waals surface area (Å²) in [4.78, 5) is 33.2. The standard InChI is InChI=1S/C23H23N5O3/c29-21(19-7-8-20(24-15-19)28-12-4-11-25-28)26-14-10-23(16-26)17-27(22(30)31-23)13-9-18-5-2-1-3-6-18/h1-8,11-12,15H,9-10,13-14,16-17H2/t23-/m1/s1. The lowest BCUT2D eigenvalue weighted by Crippen LogP contribution is -2.39. The lowest BCUT2D eigenvalue weighted by atomic mass is 10.0. The van der Waals surface area contributed by atoms with Crippen molar-refractivity contribution in [2.24, 2.45) is 0 Å². The van der Waals surface area contributed by atoms with Gasteiger partial charge in [-0.05, 0) is 30.2 Å². The number of rotatable bonds is 5. The van der Waals surface area contributed by atoms with Gasteiger partial charge in [0.1, 0.15) is 0 Å². The molecular formula is C23H23N5O3. The fourth-order valence-electron chi connectivity index (χ4n) is 4.24. The van der Waals surface area contributed by atoms with Crippen LogP contribution in [0.4, 0.5) is 4.79 Å². The highest BCUT2D eigenvalue weighted by Gasteiger charge is 2.50. The molecule has 1 aromatic carbocycles. The van der Waals surface area contributed by atoms with E-state index >= 15 is 0 Å². The van der Waals surface area contributed by atoms with Crippen molar-refractivity contribution in [3.05, 3.63) is 78.2 Å². The maximum absolute atomic E-state index is 13.0. The Labute approximate surface area is 180 Å². The second-order valence-corrected chi connectivity index (χ2v) is 8.04. The Morgan fingerprint density at radius 3 is 2.71 bits per heavy atom. The first-order valence-electron chi connectivity index (χ1n) is 10.4. The van der Waals surface area contributed by atoms with Crippen LogP contribution in [0, 0.1) is 0 Å². The SMILES string of the molecule is O=C1O[C@@]2(CCN(C(=O)c3ccc(-n4cccn4)nc3)C2)CN1CCc1ccccc1. The molecule has 8 nitrogen and oxygen atoms in total. The van der Waals surface area contributed by atoms with Gasteiger partial charge in [-0.25, -0.2) is 14.5 Å². The van der Waals surface area contributed by atoms with E-state index in [4.69, 9.17) is 4.74 Å². The minimum Gasteiger partial charge on any atom is -0.439 e. The van der Waals surface area contributed by atoms with Crippen molar-refractivity contribution in [1.82, 2.24) is 24.6 Å². The van der Waals surface area contributed by atoms with Crippen LogP contribution in [0.1, 0.15) is 22.3 Å². The highest BCUT2D eigenvalue weighted by Crippen LogP contribution is 2.33. The lowest BCUT2D eigenvalue weighted by Gasteiger charge is -2.22. The maximum Gasteiger partial charge on any atom is 0.410 e. The predicted octanol–water partition coefficient (Wildman–Crippen LogP) is 2.55. The molecule has 2 aliphatic heterocycles. The summed E-state index contributed by atoms with van der Waals surface area (Å²) >= 11 is 0. The van der Waals surface area contributed by atoms with Crippen LogP contribution in [0.2, 0.25) is 0 Å². The monoisotopic (exact) mass is 417 g/mol. The van der Waals surface area contributed by atoms with Crippen molar-refractivity contribution in [2.45, 2.75) is 18.4 Å². The second-order valence-electron chi connectivity index (χ2n) is 8.04. The number of hydrogen-bond donors (Lipinski definition) is 0. The third kappa shape index (κ3) is 3.88. The van der Waals surface area contributed by atoms with Crippen molar-refractivity contribution in [1.29, 1.82) is 0 Å². The fraction of sp³-hybridized carbons (Fsp3) is 0.304. The van der Waals surface area contributed by atoms with Crippen LogP contribution in [0.15, 0.2) is 67.1 Å². The Hall–Kier alpha value is -3.68. The number of pyridine rings is 1. The first kappa shape index (κ1) is 19.3. The molecular weight excluding hydrogens is 394 g/mol. The number of likely N-dealkylation sites (tertiary alicyclic amines) is 1. The molecule has 1 atom stereocenters.